The molecule has 0 saturated carbocycles. The van der Waals surface area contributed by atoms with Gasteiger partial charge in [0.1, 0.15) is 5.82 Å². The zero-order chi connectivity index (χ0) is 13.9. The lowest BCUT2D eigenvalue weighted by Gasteiger charge is -2.38. The standard InChI is InChI=1S/C16H23BrFN/c1-12(2)16(8-4-3-5-9-19-16)11-13-6-7-15(18)14(17)10-13/h6-7,10,12,19H,3-5,8-9,11H2,1-2H3. The molecular weight excluding hydrogens is 305 g/mol. The summed E-state index contributed by atoms with van der Waals surface area (Å²) in [6.07, 6.45) is 6.05. The van der Waals surface area contributed by atoms with Gasteiger partial charge in [-0.1, -0.05) is 32.8 Å². The molecule has 1 unspecified atom stereocenters. The third-order valence-corrected chi connectivity index (χ3v) is 4.99. The molecule has 1 nitrogen and oxygen atoms in total. The van der Waals surface area contributed by atoms with E-state index < -0.39 is 0 Å². The first-order valence-electron chi connectivity index (χ1n) is 7.22. The number of hydrogen-bond acceptors (Lipinski definition) is 1. The normalized spacial score (nSPS) is 24.5. The van der Waals surface area contributed by atoms with Crippen molar-refractivity contribution < 1.29 is 4.39 Å². The van der Waals surface area contributed by atoms with Crippen molar-refractivity contribution >= 4 is 15.9 Å². The van der Waals surface area contributed by atoms with Crippen LogP contribution in [0.4, 0.5) is 4.39 Å². The van der Waals surface area contributed by atoms with Gasteiger partial charge in [-0.2, -0.15) is 0 Å². The molecule has 1 fully saturated rings. The predicted octanol–water partition coefficient (Wildman–Crippen LogP) is 4.69. The van der Waals surface area contributed by atoms with Crippen LogP contribution < -0.4 is 5.32 Å². The third-order valence-electron chi connectivity index (χ3n) is 4.39. The minimum absolute atomic E-state index is 0.160. The fraction of sp³-hybridized carbons (Fsp3) is 0.625. The van der Waals surface area contributed by atoms with E-state index in [1.165, 1.54) is 31.2 Å². The monoisotopic (exact) mass is 327 g/mol. The topological polar surface area (TPSA) is 12.0 Å². The van der Waals surface area contributed by atoms with Crippen LogP contribution in [0.3, 0.4) is 0 Å². The molecule has 1 aliphatic heterocycles. The highest BCUT2D eigenvalue weighted by molar-refractivity contribution is 9.10. The van der Waals surface area contributed by atoms with Gasteiger partial charge in [0.15, 0.2) is 0 Å². The number of benzene rings is 1. The van der Waals surface area contributed by atoms with Crippen LogP contribution >= 0.6 is 15.9 Å². The van der Waals surface area contributed by atoms with Gasteiger partial charge in [-0.25, -0.2) is 4.39 Å². The van der Waals surface area contributed by atoms with E-state index in [0.29, 0.717) is 10.4 Å². The Hall–Kier alpha value is -0.410. The summed E-state index contributed by atoms with van der Waals surface area (Å²) in [5, 5.41) is 3.77. The van der Waals surface area contributed by atoms with Crippen molar-refractivity contribution in [3.05, 3.63) is 34.1 Å². The maximum Gasteiger partial charge on any atom is 0.137 e. The van der Waals surface area contributed by atoms with Crippen molar-refractivity contribution in [2.75, 3.05) is 6.54 Å². The molecule has 1 aromatic rings. The van der Waals surface area contributed by atoms with Crippen molar-refractivity contribution in [3.8, 4) is 0 Å². The Morgan fingerprint density at radius 1 is 1.32 bits per heavy atom. The summed E-state index contributed by atoms with van der Waals surface area (Å²) in [5.41, 5.74) is 1.37. The number of nitrogens with one attached hydrogen (secondary N) is 1. The molecule has 1 N–H and O–H groups in total. The van der Waals surface area contributed by atoms with Crippen molar-refractivity contribution in [2.24, 2.45) is 5.92 Å². The maximum atomic E-state index is 13.3. The van der Waals surface area contributed by atoms with Gasteiger partial charge in [0, 0.05) is 5.54 Å². The molecule has 106 valence electrons. The lowest BCUT2D eigenvalue weighted by Crippen LogP contribution is -2.50. The van der Waals surface area contributed by atoms with E-state index in [1.807, 2.05) is 12.1 Å². The van der Waals surface area contributed by atoms with E-state index in [9.17, 15) is 4.39 Å². The lowest BCUT2D eigenvalue weighted by atomic mass is 9.77. The van der Waals surface area contributed by atoms with Crippen LogP contribution in [-0.2, 0) is 6.42 Å². The van der Waals surface area contributed by atoms with Gasteiger partial charge in [-0.3, -0.25) is 0 Å². The summed E-state index contributed by atoms with van der Waals surface area (Å²) in [5.74, 6) is 0.394. The average Bonchev–Trinajstić information content (AvgIpc) is 2.60. The van der Waals surface area contributed by atoms with Crippen LogP contribution in [-0.4, -0.2) is 12.1 Å². The molecule has 19 heavy (non-hydrogen) atoms. The Labute approximate surface area is 124 Å². The predicted molar refractivity (Wildman–Crippen MR) is 81.8 cm³/mol. The zero-order valence-electron chi connectivity index (χ0n) is 11.8. The Balaban J connectivity index is 2.22. The van der Waals surface area contributed by atoms with E-state index in [2.05, 4.69) is 35.1 Å². The first-order chi connectivity index (χ1) is 9.03. The quantitative estimate of drug-likeness (QED) is 0.849. The van der Waals surface area contributed by atoms with Gasteiger partial charge in [0.25, 0.3) is 0 Å². The third kappa shape index (κ3) is 3.57. The fourth-order valence-electron chi connectivity index (χ4n) is 3.03. The number of rotatable bonds is 3. The van der Waals surface area contributed by atoms with E-state index in [0.717, 1.165) is 13.0 Å². The lowest BCUT2D eigenvalue weighted by molar-refractivity contribution is 0.226. The van der Waals surface area contributed by atoms with Crippen LogP contribution in [0, 0.1) is 11.7 Å². The molecule has 0 aliphatic carbocycles. The second-order valence-electron chi connectivity index (χ2n) is 5.97. The minimum atomic E-state index is -0.184. The largest absolute Gasteiger partial charge is 0.311 e. The summed E-state index contributed by atoms with van der Waals surface area (Å²) in [4.78, 5) is 0. The fourth-order valence-corrected chi connectivity index (χ4v) is 3.46. The van der Waals surface area contributed by atoms with Crippen molar-refractivity contribution in [2.45, 2.75) is 51.5 Å². The molecular formula is C16H23BrFN. The van der Waals surface area contributed by atoms with Gasteiger partial charge < -0.3 is 5.32 Å². The Bertz CT molecular complexity index is 423. The van der Waals surface area contributed by atoms with Crippen molar-refractivity contribution in [1.82, 2.24) is 5.32 Å². The van der Waals surface area contributed by atoms with Crippen LogP contribution in [0.1, 0.15) is 45.1 Å². The molecule has 0 aromatic heterocycles. The summed E-state index contributed by atoms with van der Waals surface area (Å²) >= 11 is 3.29. The van der Waals surface area contributed by atoms with Gasteiger partial charge in [0.05, 0.1) is 4.47 Å². The molecule has 0 amide bonds. The Morgan fingerprint density at radius 2 is 2.11 bits per heavy atom. The molecule has 1 heterocycles. The number of hydrogen-bond donors (Lipinski definition) is 1. The Morgan fingerprint density at radius 3 is 2.79 bits per heavy atom. The molecule has 0 spiro atoms. The maximum absolute atomic E-state index is 13.3. The van der Waals surface area contributed by atoms with E-state index in [4.69, 9.17) is 0 Å². The summed E-state index contributed by atoms with van der Waals surface area (Å²) in [7, 11) is 0. The summed E-state index contributed by atoms with van der Waals surface area (Å²) in [6.45, 7) is 5.67. The highest BCUT2D eigenvalue weighted by Gasteiger charge is 2.34. The van der Waals surface area contributed by atoms with Crippen LogP contribution in [0.5, 0.6) is 0 Å². The molecule has 0 radical (unpaired) electrons. The highest BCUT2D eigenvalue weighted by Crippen LogP contribution is 2.31. The van der Waals surface area contributed by atoms with Crippen molar-refractivity contribution in [1.29, 1.82) is 0 Å². The van der Waals surface area contributed by atoms with Gasteiger partial charge in [-0.05, 0) is 65.4 Å². The van der Waals surface area contributed by atoms with Crippen LogP contribution in [0.2, 0.25) is 0 Å². The summed E-state index contributed by atoms with van der Waals surface area (Å²) < 4.78 is 13.9. The molecule has 1 aromatic carbocycles. The Kier molecular flexibility index (Phi) is 5.02. The SMILES string of the molecule is CC(C)C1(Cc2ccc(F)c(Br)c2)CCCCCN1. The van der Waals surface area contributed by atoms with E-state index in [-0.39, 0.29) is 11.4 Å². The van der Waals surface area contributed by atoms with Gasteiger partial charge in [0.2, 0.25) is 0 Å². The molecule has 1 aliphatic rings. The molecule has 1 saturated heterocycles. The first-order valence-corrected chi connectivity index (χ1v) is 8.02. The molecule has 0 bridgehead atoms. The van der Waals surface area contributed by atoms with E-state index in [1.54, 1.807) is 6.07 Å². The van der Waals surface area contributed by atoms with Gasteiger partial charge in [-0.15, -0.1) is 0 Å². The van der Waals surface area contributed by atoms with E-state index >= 15 is 0 Å². The summed E-state index contributed by atoms with van der Waals surface area (Å²) in [6, 6.07) is 5.40. The van der Waals surface area contributed by atoms with Crippen LogP contribution in [0.25, 0.3) is 0 Å². The average molecular weight is 328 g/mol. The highest BCUT2D eigenvalue weighted by atomic mass is 79.9. The molecule has 1 atom stereocenters. The van der Waals surface area contributed by atoms with Gasteiger partial charge >= 0.3 is 0 Å². The molecule has 2 rings (SSSR count). The first kappa shape index (κ1) is 15.0. The van der Waals surface area contributed by atoms with Crippen molar-refractivity contribution in [3.63, 3.8) is 0 Å². The minimum Gasteiger partial charge on any atom is -0.311 e. The zero-order valence-corrected chi connectivity index (χ0v) is 13.4. The molecule has 3 heteroatoms. The number of halogens is 2. The second-order valence-corrected chi connectivity index (χ2v) is 6.83. The smallest absolute Gasteiger partial charge is 0.137 e. The van der Waals surface area contributed by atoms with Crippen LogP contribution in [0.15, 0.2) is 22.7 Å². The second kappa shape index (κ2) is 6.36.